The van der Waals surface area contributed by atoms with E-state index in [2.05, 4.69) is 27.0 Å². The molecule has 0 spiro atoms. The first-order chi connectivity index (χ1) is 8.70. The Labute approximate surface area is 112 Å². The zero-order valence-electron chi connectivity index (χ0n) is 9.51. The van der Waals surface area contributed by atoms with Gasteiger partial charge in [0.1, 0.15) is 17.4 Å². The first kappa shape index (κ1) is 11.1. The second-order valence-electron chi connectivity index (χ2n) is 3.93. The molecular formula is C13H8BrN3O. The van der Waals surface area contributed by atoms with Gasteiger partial charge in [0.2, 0.25) is 0 Å². The van der Waals surface area contributed by atoms with Crippen molar-refractivity contribution in [3.8, 4) is 17.5 Å². The van der Waals surface area contributed by atoms with Crippen LogP contribution in [0.1, 0.15) is 11.3 Å². The quantitative estimate of drug-likeness (QED) is 0.691. The van der Waals surface area contributed by atoms with Gasteiger partial charge in [-0.25, -0.2) is 4.98 Å². The van der Waals surface area contributed by atoms with Crippen molar-refractivity contribution in [2.45, 2.75) is 6.92 Å². The van der Waals surface area contributed by atoms with Crippen molar-refractivity contribution in [3.63, 3.8) is 0 Å². The van der Waals surface area contributed by atoms with E-state index in [-0.39, 0.29) is 0 Å². The summed E-state index contributed by atoms with van der Waals surface area (Å²) in [7, 11) is 0. The van der Waals surface area contributed by atoms with Gasteiger partial charge in [-0.1, -0.05) is 0 Å². The average Bonchev–Trinajstić information content (AvgIpc) is 2.93. The molecule has 3 aromatic heterocycles. The minimum absolute atomic E-state index is 0.476. The summed E-state index contributed by atoms with van der Waals surface area (Å²) in [6.07, 6.45) is 3.41. The van der Waals surface area contributed by atoms with E-state index in [4.69, 9.17) is 4.42 Å². The standard InChI is InChI=1S/C13H8BrN3O/c1-8-5-9(14)7-17-10(6-15)12(16-13(8)17)11-3-2-4-18-11/h2-5,7H,1H3. The van der Waals surface area contributed by atoms with Gasteiger partial charge in [0.25, 0.3) is 0 Å². The van der Waals surface area contributed by atoms with E-state index in [0.29, 0.717) is 17.1 Å². The number of hydrogen-bond donors (Lipinski definition) is 0. The van der Waals surface area contributed by atoms with Crippen molar-refractivity contribution in [2.75, 3.05) is 0 Å². The monoisotopic (exact) mass is 301 g/mol. The number of imidazole rings is 1. The van der Waals surface area contributed by atoms with E-state index < -0.39 is 0 Å². The van der Waals surface area contributed by atoms with Gasteiger partial charge in [0.15, 0.2) is 11.5 Å². The van der Waals surface area contributed by atoms with E-state index in [9.17, 15) is 5.26 Å². The van der Waals surface area contributed by atoms with Gasteiger partial charge in [0.05, 0.1) is 6.26 Å². The lowest BCUT2D eigenvalue weighted by atomic mass is 10.3. The third kappa shape index (κ3) is 1.54. The predicted octanol–water partition coefficient (Wildman–Crippen LogP) is 3.54. The summed E-state index contributed by atoms with van der Waals surface area (Å²) < 4.78 is 8.01. The summed E-state index contributed by atoms with van der Waals surface area (Å²) >= 11 is 3.42. The van der Waals surface area contributed by atoms with E-state index in [1.807, 2.05) is 19.2 Å². The Balaban J connectivity index is 2.42. The van der Waals surface area contributed by atoms with Gasteiger partial charge in [-0.05, 0) is 46.6 Å². The molecule has 0 N–H and O–H groups in total. The van der Waals surface area contributed by atoms with E-state index >= 15 is 0 Å². The molecule has 0 fully saturated rings. The third-order valence-electron chi connectivity index (χ3n) is 2.73. The van der Waals surface area contributed by atoms with Crippen LogP contribution in [0, 0.1) is 18.3 Å². The Morgan fingerprint density at radius 1 is 1.50 bits per heavy atom. The fourth-order valence-corrected chi connectivity index (χ4v) is 2.51. The Morgan fingerprint density at radius 3 is 3.00 bits per heavy atom. The molecule has 88 valence electrons. The van der Waals surface area contributed by atoms with Crippen molar-refractivity contribution in [1.29, 1.82) is 5.26 Å². The number of rotatable bonds is 1. The smallest absolute Gasteiger partial charge is 0.155 e. The molecule has 0 saturated heterocycles. The normalized spacial score (nSPS) is 10.7. The molecule has 0 bridgehead atoms. The summed E-state index contributed by atoms with van der Waals surface area (Å²) in [4.78, 5) is 4.49. The Kier molecular flexibility index (Phi) is 2.46. The maximum Gasteiger partial charge on any atom is 0.155 e. The second-order valence-corrected chi connectivity index (χ2v) is 4.85. The maximum atomic E-state index is 9.32. The van der Waals surface area contributed by atoms with Crippen LogP contribution >= 0.6 is 15.9 Å². The minimum atomic E-state index is 0.476. The lowest BCUT2D eigenvalue weighted by Crippen LogP contribution is -1.91. The topological polar surface area (TPSA) is 54.2 Å². The van der Waals surface area contributed by atoms with Crippen molar-refractivity contribution < 1.29 is 4.42 Å². The largest absolute Gasteiger partial charge is 0.463 e. The molecule has 0 amide bonds. The molecule has 18 heavy (non-hydrogen) atoms. The number of aromatic nitrogens is 2. The van der Waals surface area contributed by atoms with Crippen LogP contribution in [0.15, 0.2) is 39.5 Å². The molecule has 0 saturated carbocycles. The number of aryl methyl sites for hydroxylation is 1. The van der Waals surface area contributed by atoms with Gasteiger partial charge >= 0.3 is 0 Å². The third-order valence-corrected chi connectivity index (χ3v) is 3.16. The van der Waals surface area contributed by atoms with Gasteiger partial charge in [-0.3, -0.25) is 4.40 Å². The molecule has 0 aliphatic heterocycles. The highest BCUT2D eigenvalue weighted by Gasteiger charge is 2.17. The Bertz CT molecular complexity index is 766. The molecule has 0 unspecified atom stereocenters. The lowest BCUT2D eigenvalue weighted by molar-refractivity contribution is 0.580. The number of nitrogens with zero attached hydrogens (tertiary/aromatic N) is 3. The molecule has 0 aliphatic rings. The van der Waals surface area contributed by atoms with Crippen molar-refractivity contribution in [2.24, 2.45) is 0 Å². The molecule has 0 radical (unpaired) electrons. The van der Waals surface area contributed by atoms with E-state index in [1.165, 1.54) is 0 Å². The molecule has 0 atom stereocenters. The lowest BCUT2D eigenvalue weighted by Gasteiger charge is -1.99. The number of fused-ring (bicyclic) bond motifs is 1. The molecule has 0 aromatic carbocycles. The summed E-state index contributed by atoms with van der Waals surface area (Å²) in [5.41, 5.74) is 2.81. The number of halogens is 1. The summed E-state index contributed by atoms with van der Waals surface area (Å²) in [6.45, 7) is 1.96. The van der Waals surface area contributed by atoms with Crippen LogP contribution in [-0.2, 0) is 0 Å². The maximum absolute atomic E-state index is 9.32. The van der Waals surface area contributed by atoms with Crippen molar-refractivity contribution in [3.05, 3.63) is 46.4 Å². The first-order valence-corrected chi connectivity index (χ1v) is 6.12. The van der Waals surface area contributed by atoms with Crippen molar-refractivity contribution >= 4 is 21.6 Å². The number of hydrogen-bond acceptors (Lipinski definition) is 3. The van der Waals surface area contributed by atoms with Crippen LogP contribution in [0.25, 0.3) is 17.1 Å². The zero-order chi connectivity index (χ0) is 12.7. The van der Waals surface area contributed by atoms with Crippen LogP contribution in [-0.4, -0.2) is 9.38 Å². The minimum Gasteiger partial charge on any atom is -0.463 e. The second kappa shape index (κ2) is 4.00. The van der Waals surface area contributed by atoms with Crippen molar-refractivity contribution in [1.82, 2.24) is 9.38 Å². The van der Waals surface area contributed by atoms with Gasteiger partial charge in [0, 0.05) is 10.7 Å². The van der Waals surface area contributed by atoms with Gasteiger partial charge in [-0.15, -0.1) is 0 Å². The van der Waals surface area contributed by atoms with Gasteiger partial charge < -0.3 is 4.42 Å². The molecule has 5 heteroatoms. The van der Waals surface area contributed by atoms with Gasteiger partial charge in [-0.2, -0.15) is 5.26 Å². The van der Waals surface area contributed by atoms with Crippen LogP contribution in [0.4, 0.5) is 0 Å². The van der Waals surface area contributed by atoms with Crippen LogP contribution in [0.2, 0.25) is 0 Å². The highest BCUT2D eigenvalue weighted by molar-refractivity contribution is 9.10. The molecular weight excluding hydrogens is 294 g/mol. The summed E-state index contributed by atoms with van der Waals surface area (Å²) in [6, 6.07) is 7.73. The van der Waals surface area contributed by atoms with E-state index in [1.54, 1.807) is 22.8 Å². The molecule has 3 heterocycles. The fraction of sp³-hybridized carbons (Fsp3) is 0.0769. The number of nitriles is 1. The Morgan fingerprint density at radius 2 is 2.33 bits per heavy atom. The summed E-state index contributed by atoms with van der Waals surface area (Å²) in [5.74, 6) is 0.603. The van der Waals surface area contributed by atoms with Crippen LogP contribution < -0.4 is 0 Å². The predicted molar refractivity (Wildman–Crippen MR) is 70.0 cm³/mol. The highest BCUT2D eigenvalue weighted by atomic mass is 79.9. The number of pyridine rings is 1. The summed E-state index contributed by atoms with van der Waals surface area (Å²) in [5, 5.41) is 9.32. The molecule has 0 aliphatic carbocycles. The SMILES string of the molecule is Cc1cc(Br)cn2c(C#N)c(-c3ccco3)nc12. The number of furan rings is 1. The van der Waals surface area contributed by atoms with Crippen LogP contribution in [0.3, 0.4) is 0 Å². The average molecular weight is 302 g/mol. The first-order valence-electron chi connectivity index (χ1n) is 5.33. The Hall–Kier alpha value is -2.06. The molecule has 3 aromatic rings. The van der Waals surface area contributed by atoms with E-state index in [0.717, 1.165) is 15.7 Å². The fourth-order valence-electron chi connectivity index (χ4n) is 1.96. The molecule has 3 rings (SSSR count). The highest BCUT2D eigenvalue weighted by Crippen LogP contribution is 2.27. The van der Waals surface area contributed by atoms with Crippen LogP contribution in [0.5, 0.6) is 0 Å². The molecule has 4 nitrogen and oxygen atoms in total. The zero-order valence-corrected chi connectivity index (χ0v) is 11.1.